The Balaban J connectivity index is 1.94. The van der Waals surface area contributed by atoms with E-state index in [1.807, 2.05) is 31.2 Å². The summed E-state index contributed by atoms with van der Waals surface area (Å²) in [4.78, 5) is 25.1. The molecule has 1 aliphatic rings. The number of nitrogens with one attached hydrogen (secondary N) is 1. The van der Waals surface area contributed by atoms with Gasteiger partial charge in [0.05, 0.1) is 28.3 Å². The lowest BCUT2D eigenvalue weighted by Crippen LogP contribution is -2.27. The molecule has 0 spiro atoms. The minimum absolute atomic E-state index is 0.0592. The summed E-state index contributed by atoms with van der Waals surface area (Å²) in [5.41, 5.74) is 4.38. The number of Topliss-reactive ketones (excluding diaryl/α,β-unsaturated/α-hetero) is 2. The third-order valence-corrected chi connectivity index (χ3v) is 6.53. The topological polar surface area (TPSA) is 70.0 Å². The van der Waals surface area contributed by atoms with Crippen molar-refractivity contribution >= 4 is 34.9 Å². The number of nitriles is 1. The lowest BCUT2D eigenvalue weighted by atomic mass is 9.81. The number of aryl methyl sites for hydroxylation is 1. The molecule has 0 radical (unpaired) electrons. The third kappa shape index (κ3) is 5.10. The van der Waals surface area contributed by atoms with E-state index in [9.17, 15) is 14.9 Å². The van der Waals surface area contributed by atoms with E-state index >= 15 is 0 Å². The maximum atomic E-state index is 12.6. The second-order valence-corrected chi connectivity index (χ2v) is 8.74. The Labute approximate surface area is 192 Å². The predicted octanol–water partition coefficient (Wildman–Crippen LogP) is 5.80. The Bertz CT molecular complexity index is 1110. The van der Waals surface area contributed by atoms with Crippen LogP contribution in [0.5, 0.6) is 0 Å². The molecule has 0 saturated heterocycles. The lowest BCUT2D eigenvalue weighted by Gasteiger charge is -2.29. The SMILES string of the molecule is CCc1ccc(C2C(C#N)=C(SCC(=O)c3ccc(Cl)cc3)NC(C)=C2C(C)=O)cc1. The molecule has 6 heteroatoms. The second kappa shape index (κ2) is 10.00. The second-order valence-electron chi connectivity index (χ2n) is 7.32. The average molecular weight is 451 g/mol. The van der Waals surface area contributed by atoms with Gasteiger partial charge in [0.15, 0.2) is 11.6 Å². The summed E-state index contributed by atoms with van der Waals surface area (Å²) in [6.07, 6.45) is 0.912. The van der Waals surface area contributed by atoms with Gasteiger partial charge in [-0.25, -0.2) is 0 Å². The normalized spacial score (nSPS) is 16.0. The van der Waals surface area contributed by atoms with Gasteiger partial charge in [0.2, 0.25) is 0 Å². The van der Waals surface area contributed by atoms with Crippen LogP contribution in [0.4, 0.5) is 0 Å². The molecule has 3 rings (SSSR count). The molecule has 1 N–H and O–H groups in total. The Morgan fingerprint density at radius 1 is 1.13 bits per heavy atom. The van der Waals surface area contributed by atoms with Crippen LogP contribution in [0.2, 0.25) is 5.02 Å². The van der Waals surface area contributed by atoms with Crippen molar-refractivity contribution in [2.45, 2.75) is 33.1 Å². The molecule has 0 amide bonds. The van der Waals surface area contributed by atoms with Crippen LogP contribution in [-0.4, -0.2) is 17.3 Å². The summed E-state index contributed by atoms with van der Waals surface area (Å²) in [5, 5.41) is 14.4. The van der Waals surface area contributed by atoms with Crippen LogP contribution in [0.3, 0.4) is 0 Å². The van der Waals surface area contributed by atoms with E-state index in [0.717, 1.165) is 12.0 Å². The highest BCUT2D eigenvalue weighted by Crippen LogP contribution is 2.41. The number of carbonyl (C=O) groups excluding carboxylic acids is 2. The highest BCUT2D eigenvalue weighted by molar-refractivity contribution is 8.03. The number of halogens is 1. The van der Waals surface area contributed by atoms with Crippen LogP contribution >= 0.6 is 23.4 Å². The van der Waals surface area contributed by atoms with Gasteiger partial charge >= 0.3 is 0 Å². The van der Waals surface area contributed by atoms with Crippen molar-refractivity contribution in [2.75, 3.05) is 5.75 Å². The Morgan fingerprint density at radius 3 is 2.32 bits per heavy atom. The summed E-state index contributed by atoms with van der Waals surface area (Å²) in [6, 6.07) is 17.0. The van der Waals surface area contributed by atoms with Gasteiger partial charge in [-0.1, -0.05) is 54.6 Å². The standard InChI is InChI=1S/C25H23ClN2O2S/c1-4-17-5-7-19(8-6-17)24-21(13-27)25(28-15(2)23(24)16(3)29)31-14-22(30)18-9-11-20(26)12-10-18/h5-12,24,28H,4,14H2,1-3H3. The highest BCUT2D eigenvalue weighted by atomic mass is 35.5. The molecule has 31 heavy (non-hydrogen) atoms. The first-order chi connectivity index (χ1) is 14.8. The molecule has 0 bridgehead atoms. The molecular weight excluding hydrogens is 428 g/mol. The van der Waals surface area contributed by atoms with E-state index in [1.165, 1.54) is 24.2 Å². The Kier molecular flexibility index (Phi) is 7.37. The van der Waals surface area contributed by atoms with Gasteiger partial charge < -0.3 is 5.32 Å². The smallest absolute Gasteiger partial charge is 0.173 e. The van der Waals surface area contributed by atoms with Gasteiger partial charge in [0.1, 0.15) is 0 Å². The van der Waals surface area contributed by atoms with Crippen molar-refractivity contribution < 1.29 is 9.59 Å². The van der Waals surface area contributed by atoms with Gasteiger partial charge in [0, 0.05) is 21.9 Å². The van der Waals surface area contributed by atoms with Gasteiger partial charge in [-0.05, 0) is 55.7 Å². The molecule has 0 saturated carbocycles. The first kappa shape index (κ1) is 22.9. The fraction of sp³-hybridized carbons (Fsp3) is 0.240. The summed E-state index contributed by atoms with van der Waals surface area (Å²) in [7, 11) is 0. The summed E-state index contributed by atoms with van der Waals surface area (Å²) >= 11 is 7.18. The predicted molar refractivity (Wildman–Crippen MR) is 126 cm³/mol. The molecule has 158 valence electrons. The maximum absolute atomic E-state index is 12.6. The first-order valence-corrected chi connectivity index (χ1v) is 11.4. The number of nitrogens with zero attached hydrogens (tertiary/aromatic N) is 1. The van der Waals surface area contributed by atoms with Gasteiger partial charge in [-0.2, -0.15) is 5.26 Å². The largest absolute Gasteiger partial charge is 0.353 e. The van der Waals surface area contributed by atoms with Crippen molar-refractivity contribution in [3.8, 4) is 6.07 Å². The molecule has 4 nitrogen and oxygen atoms in total. The summed E-state index contributed by atoms with van der Waals surface area (Å²) < 4.78 is 0. The molecule has 1 heterocycles. The van der Waals surface area contributed by atoms with Crippen LogP contribution < -0.4 is 5.32 Å². The number of allylic oxidation sites excluding steroid dienone is 3. The van der Waals surface area contributed by atoms with Crippen molar-refractivity contribution in [3.05, 3.63) is 92.1 Å². The van der Waals surface area contributed by atoms with Crippen LogP contribution in [0, 0.1) is 11.3 Å². The molecule has 1 aliphatic heterocycles. The Morgan fingerprint density at radius 2 is 1.77 bits per heavy atom. The van der Waals surface area contributed by atoms with Crippen LogP contribution in [0.1, 0.15) is 48.2 Å². The quantitative estimate of drug-likeness (QED) is 0.539. The summed E-state index contributed by atoms with van der Waals surface area (Å²) in [5.74, 6) is -0.429. The van der Waals surface area contributed by atoms with E-state index in [4.69, 9.17) is 11.6 Å². The third-order valence-electron chi connectivity index (χ3n) is 5.26. The molecule has 2 aromatic carbocycles. The zero-order valence-electron chi connectivity index (χ0n) is 17.7. The van der Waals surface area contributed by atoms with E-state index in [0.29, 0.717) is 32.5 Å². The van der Waals surface area contributed by atoms with E-state index in [-0.39, 0.29) is 17.3 Å². The molecule has 1 atom stereocenters. The van der Waals surface area contributed by atoms with Crippen LogP contribution in [-0.2, 0) is 11.2 Å². The van der Waals surface area contributed by atoms with Gasteiger partial charge in [0.25, 0.3) is 0 Å². The average Bonchev–Trinajstić information content (AvgIpc) is 2.77. The van der Waals surface area contributed by atoms with Crippen LogP contribution in [0.25, 0.3) is 0 Å². The van der Waals surface area contributed by atoms with Crippen molar-refractivity contribution in [1.82, 2.24) is 5.32 Å². The van der Waals surface area contributed by atoms with Crippen molar-refractivity contribution in [2.24, 2.45) is 0 Å². The lowest BCUT2D eigenvalue weighted by molar-refractivity contribution is -0.113. The highest BCUT2D eigenvalue weighted by Gasteiger charge is 2.33. The fourth-order valence-electron chi connectivity index (χ4n) is 3.63. The number of carbonyl (C=O) groups is 2. The molecule has 0 aliphatic carbocycles. The number of benzene rings is 2. The molecule has 2 aromatic rings. The Hall–Kier alpha value is -2.81. The van der Waals surface area contributed by atoms with Crippen molar-refractivity contribution in [3.63, 3.8) is 0 Å². The van der Waals surface area contributed by atoms with E-state index < -0.39 is 5.92 Å². The number of hydrogen-bond acceptors (Lipinski definition) is 5. The monoisotopic (exact) mass is 450 g/mol. The number of hydrogen-bond donors (Lipinski definition) is 1. The van der Waals surface area contributed by atoms with Gasteiger partial charge in [-0.3, -0.25) is 9.59 Å². The number of dihydropyridines is 1. The van der Waals surface area contributed by atoms with Crippen LogP contribution in [0.15, 0.2) is 70.4 Å². The fourth-order valence-corrected chi connectivity index (χ4v) is 4.74. The van der Waals surface area contributed by atoms with Crippen molar-refractivity contribution in [1.29, 1.82) is 5.26 Å². The minimum atomic E-state index is -0.456. The molecule has 0 aromatic heterocycles. The summed E-state index contributed by atoms with van der Waals surface area (Å²) in [6.45, 7) is 5.43. The zero-order chi connectivity index (χ0) is 22.5. The first-order valence-electron chi connectivity index (χ1n) is 9.99. The minimum Gasteiger partial charge on any atom is -0.353 e. The number of ketones is 2. The zero-order valence-corrected chi connectivity index (χ0v) is 19.2. The maximum Gasteiger partial charge on any atom is 0.173 e. The van der Waals surface area contributed by atoms with E-state index in [1.54, 1.807) is 24.3 Å². The molecule has 1 unspecified atom stereocenters. The van der Waals surface area contributed by atoms with E-state index in [2.05, 4.69) is 18.3 Å². The number of rotatable bonds is 7. The molecule has 0 fully saturated rings. The number of thioether (sulfide) groups is 1. The van der Waals surface area contributed by atoms with Gasteiger partial charge in [-0.15, -0.1) is 0 Å². The molecular formula is C25H23ClN2O2S.